The fourth-order valence-corrected chi connectivity index (χ4v) is 2.13. The van der Waals surface area contributed by atoms with Crippen LogP contribution < -0.4 is 10.1 Å². The Labute approximate surface area is 115 Å². The molecule has 2 rings (SSSR count). The first-order chi connectivity index (χ1) is 8.71. The van der Waals surface area contributed by atoms with E-state index in [-0.39, 0.29) is 0 Å². The molecule has 0 amide bonds. The summed E-state index contributed by atoms with van der Waals surface area (Å²) in [7, 11) is 1.66. The van der Waals surface area contributed by atoms with Gasteiger partial charge in [0.1, 0.15) is 5.75 Å². The fourth-order valence-electron chi connectivity index (χ4n) is 1.66. The molecule has 0 saturated heterocycles. The average Bonchev–Trinajstić information content (AvgIpc) is 2.83. The lowest BCUT2D eigenvalue weighted by Crippen LogP contribution is -1.99. The molecule has 1 heterocycles. The van der Waals surface area contributed by atoms with Crippen LogP contribution in [0.25, 0.3) is 0 Å². The number of ether oxygens (including phenoxy) is 1. The number of halogens is 1. The zero-order valence-electron chi connectivity index (χ0n) is 10.5. The molecule has 2 aromatic rings. The highest BCUT2D eigenvalue weighted by molar-refractivity contribution is 9.10. The van der Waals surface area contributed by atoms with Gasteiger partial charge in [0.05, 0.1) is 13.3 Å². The van der Waals surface area contributed by atoms with Crippen LogP contribution in [-0.2, 0) is 13.1 Å². The average molecular weight is 310 g/mol. The number of aryl methyl sites for hydroxylation is 1. The fraction of sp³-hybridized carbons (Fsp3) is 0.308. The predicted molar refractivity (Wildman–Crippen MR) is 75.9 cm³/mol. The van der Waals surface area contributed by atoms with Crippen molar-refractivity contribution >= 4 is 21.6 Å². The highest BCUT2D eigenvalue weighted by Gasteiger charge is 2.01. The zero-order chi connectivity index (χ0) is 13.0. The maximum Gasteiger partial charge on any atom is 0.122 e. The van der Waals surface area contributed by atoms with Crippen molar-refractivity contribution in [2.75, 3.05) is 12.4 Å². The van der Waals surface area contributed by atoms with Gasteiger partial charge in [-0.25, -0.2) is 0 Å². The van der Waals surface area contributed by atoms with E-state index in [9.17, 15) is 0 Å². The first kappa shape index (κ1) is 13.0. The molecule has 0 aliphatic heterocycles. The molecule has 0 aliphatic rings. The van der Waals surface area contributed by atoms with E-state index in [1.807, 2.05) is 35.3 Å². The van der Waals surface area contributed by atoms with E-state index < -0.39 is 0 Å². The molecule has 0 aliphatic carbocycles. The van der Waals surface area contributed by atoms with Crippen LogP contribution in [0.4, 0.5) is 5.69 Å². The van der Waals surface area contributed by atoms with Gasteiger partial charge >= 0.3 is 0 Å². The van der Waals surface area contributed by atoms with E-state index >= 15 is 0 Å². The molecule has 4 nitrogen and oxygen atoms in total. The third kappa shape index (κ3) is 3.26. The second-order valence-corrected chi connectivity index (χ2v) is 4.85. The Morgan fingerprint density at radius 2 is 2.22 bits per heavy atom. The molecule has 0 bridgehead atoms. The summed E-state index contributed by atoms with van der Waals surface area (Å²) < 4.78 is 8.13. The summed E-state index contributed by atoms with van der Waals surface area (Å²) in [5.74, 6) is 0.830. The highest BCUT2D eigenvalue weighted by atomic mass is 79.9. The Morgan fingerprint density at radius 1 is 1.39 bits per heavy atom. The van der Waals surface area contributed by atoms with Crippen molar-refractivity contribution in [3.05, 3.63) is 40.6 Å². The number of benzene rings is 1. The summed E-state index contributed by atoms with van der Waals surface area (Å²) in [6.07, 6.45) is 3.92. The Kier molecular flexibility index (Phi) is 4.25. The molecule has 0 saturated carbocycles. The monoisotopic (exact) mass is 309 g/mol. The second-order valence-electron chi connectivity index (χ2n) is 3.94. The summed E-state index contributed by atoms with van der Waals surface area (Å²) in [6, 6.07) is 5.92. The maximum absolute atomic E-state index is 5.22. The van der Waals surface area contributed by atoms with Gasteiger partial charge < -0.3 is 10.1 Å². The number of hydrogen-bond donors (Lipinski definition) is 1. The summed E-state index contributed by atoms with van der Waals surface area (Å²) in [4.78, 5) is 0. The summed E-state index contributed by atoms with van der Waals surface area (Å²) in [6.45, 7) is 3.72. The van der Waals surface area contributed by atoms with E-state index in [1.165, 1.54) is 0 Å². The van der Waals surface area contributed by atoms with E-state index in [4.69, 9.17) is 4.74 Å². The van der Waals surface area contributed by atoms with Crippen molar-refractivity contribution in [3.63, 3.8) is 0 Å². The second kappa shape index (κ2) is 5.91. The van der Waals surface area contributed by atoms with Gasteiger partial charge in [0.2, 0.25) is 0 Å². The molecule has 5 heteroatoms. The van der Waals surface area contributed by atoms with E-state index in [1.54, 1.807) is 7.11 Å². The number of rotatable bonds is 5. The lowest BCUT2D eigenvalue weighted by Gasteiger charge is -2.08. The Bertz CT molecular complexity index is 525. The topological polar surface area (TPSA) is 39.1 Å². The van der Waals surface area contributed by atoms with Crippen LogP contribution in [-0.4, -0.2) is 16.9 Å². The first-order valence-electron chi connectivity index (χ1n) is 5.81. The van der Waals surface area contributed by atoms with Crippen molar-refractivity contribution in [2.24, 2.45) is 0 Å². The van der Waals surface area contributed by atoms with Crippen molar-refractivity contribution in [3.8, 4) is 5.75 Å². The van der Waals surface area contributed by atoms with Crippen LogP contribution in [0.2, 0.25) is 0 Å². The van der Waals surface area contributed by atoms with Crippen molar-refractivity contribution in [2.45, 2.75) is 20.0 Å². The van der Waals surface area contributed by atoms with E-state index in [0.29, 0.717) is 0 Å². The molecule has 1 N–H and O–H groups in total. The lowest BCUT2D eigenvalue weighted by molar-refractivity contribution is 0.414. The van der Waals surface area contributed by atoms with Gasteiger partial charge in [-0.15, -0.1) is 0 Å². The van der Waals surface area contributed by atoms with Gasteiger partial charge in [-0.1, -0.05) is 15.9 Å². The van der Waals surface area contributed by atoms with Gasteiger partial charge in [0, 0.05) is 41.1 Å². The predicted octanol–water partition coefficient (Wildman–Crippen LogP) is 3.29. The zero-order valence-corrected chi connectivity index (χ0v) is 12.1. The molecule has 1 aromatic heterocycles. The molecule has 0 fully saturated rings. The third-order valence-corrected chi connectivity index (χ3v) is 3.07. The number of methoxy groups -OCH3 is 1. The van der Waals surface area contributed by atoms with Crippen LogP contribution in [0.5, 0.6) is 5.75 Å². The van der Waals surface area contributed by atoms with Crippen LogP contribution >= 0.6 is 15.9 Å². The number of nitrogens with zero attached hydrogens (tertiary/aromatic N) is 2. The van der Waals surface area contributed by atoms with Crippen LogP contribution in [0.15, 0.2) is 35.1 Å². The van der Waals surface area contributed by atoms with Crippen molar-refractivity contribution in [1.29, 1.82) is 0 Å². The SMILES string of the molecule is CCn1cc(CNc2cc(Br)cc(OC)c2)cn1. The summed E-state index contributed by atoms with van der Waals surface area (Å²) in [5.41, 5.74) is 2.18. The number of hydrogen-bond acceptors (Lipinski definition) is 3. The largest absolute Gasteiger partial charge is 0.497 e. The molecular weight excluding hydrogens is 294 g/mol. The van der Waals surface area contributed by atoms with Crippen molar-refractivity contribution in [1.82, 2.24) is 9.78 Å². The maximum atomic E-state index is 5.22. The molecule has 0 radical (unpaired) electrons. The van der Waals surface area contributed by atoms with E-state index in [2.05, 4.69) is 33.3 Å². The number of aromatic nitrogens is 2. The number of nitrogens with one attached hydrogen (secondary N) is 1. The molecule has 96 valence electrons. The minimum absolute atomic E-state index is 0.750. The normalized spacial score (nSPS) is 10.4. The standard InChI is InChI=1S/C13H16BrN3O/c1-3-17-9-10(8-16-17)7-15-12-4-11(14)5-13(6-12)18-2/h4-6,8-9,15H,3,7H2,1-2H3. The van der Waals surface area contributed by atoms with Gasteiger partial charge in [-0.05, 0) is 19.1 Å². The number of anilines is 1. The van der Waals surface area contributed by atoms with Crippen LogP contribution in [0.3, 0.4) is 0 Å². The lowest BCUT2D eigenvalue weighted by atomic mass is 10.3. The molecule has 0 spiro atoms. The van der Waals surface area contributed by atoms with Gasteiger partial charge in [-0.3, -0.25) is 4.68 Å². The Morgan fingerprint density at radius 3 is 2.89 bits per heavy atom. The third-order valence-electron chi connectivity index (χ3n) is 2.61. The summed E-state index contributed by atoms with van der Waals surface area (Å²) >= 11 is 3.46. The molecular formula is C13H16BrN3O. The molecule has 1 aromatic carbocycles. The minimum atomic E-state index is 0.750. The van der Waals surface area contributed by atoms with Crippen molar-refractivity contribution < 1.29 is 4.74 Å². The van der Waals surface area contributed by atoms with Gasteiger partial charge in [0.25, 0.3) is 0 Å². The quantitative estimate of drug-likeness (QED) is 0.921. The van der Waals surface area contributed by atoms with Gasteiger partial charge in [-0.2, -0.15) is 5.10 Å². The minimum Gasteiger partial charge on any atom is -0.497 e. The highest BCUT2D eigenvalue weighted by Crippen LogP contribution is 2.24. The molecule has 18 heavy (non-hydrogen) atoms. The van der Waals surface area contributed by atoms with Crippen LogP contribution in [0, 0.1) is 0 Å². The molecule has 0 unspecified atom stereocenters. The van der Waals surface area contributed by atoms with Gasteiger partial charge in [0.15, 0.2) is 0 Å². The first-order valence-corrected chi connectivity index (χ1v) is 6.60. The summed E-state index contributed by atoms with van der Waals surface area (Å²) in [5, 5.41) is 7.59. The van der Waals surface area contributed by atoms with E-state index in [0.717, 1.165) is 34.6 Å². The van der Waals surface area contributed by atoms with Crippen LogP contribution in [0.1, 0.15) is 12.5 Å². The Balaban J connectivity index is 2.03. The smallest absolute Gasteiger partial charge is 0.122 e. The molecule has 0 atom stereocenters. The Hall–Kier alpha value is -1.49.